The minimum atomic E-state index is -0.117. The predicted molar refractivity (Wildman–Crippen MR) is 62.9 cm³/mol. The Bertz CT molecular complexity index is 298. The fourth-order valence-corrected chi connectivity index (χ4v) is 1.30. The van der Waals surface area contributed by atoms with E-state index in [1.54, 1.807) is 12.4 Å². The molecule has 4 nitrogen and oxygen atoms in total. The molecule has 0 spiro atoms. The maximum atomic E-state index is 11.5. The fraction of sp³-hybridized carbons (Fsp3) is 0.600. The zero-order valence-electron chi connectivity index (χ0n) is 8.96. The van der Waals surface area contributed by atoms with Crippen LogP contribution >= 0.6 is 15.9 Å². The molecular weight excluding hydrogens is 258 g/mol. The van der Waals surface area contributed by atoms with Gasteiger partial charge in [0.15, 0.2) is 0 Å². The zero-order valence-corrected chi connectivity index (χ0v) is 10.5. The van der Waals surface area contributed by atoms with E-state index in [0.717, 1.165) is 12.2 Å². The molecule has 0 bridgehead atoms. The molecule has 2 N–H and O–H groups in total. The number of hydrogen-bond donors (Lipinski definition) is 2. The molecule has 5 heteroatoms. The van der Waals surface area contributed by atoms with E-state index in [1.165, 1.54) is 0 Å². The second kappa shape index (κ2) is 5.90. The number of imidazole rings is 1. The van der Waals surface area contributed by atoms with Crippen molar-refractivity contribution in [1.82, 2.24) is 15.3 Å². The number of hydrogen-bond acceptors (Lipinski definition) is 2. The number of nitrogens with one attached hydrogen (secondary N) is 2. The van der Waals surface area contributed by atoms with Gasteiger partial charge >= 0.3 is 0 Å². The molecule has 1 aromatic rings. The largest absolute Gasteiger partial charge is 0.355 e. The van der Waals surface area contributed by atoms with Gasteiger partial charge in [0.05, 0.1) is 4.83 Å². The van der Waals surface area contributed by atoms with Crippen LogP contribution in [0.1, 0.15) is 19.7 Å². The third-order valence-corrected chi connectivity index (χ3v) is 3.52. The number of amides is 1. The highest BCUT2D eigenvalue weighted by Gasteiger charge is 2.17. The first-order valence-electron chi connectivity index (χ1n) is 5.01. The molecule has 0 saturated carbocycles. The summed E-state index contributed by atoms with van der Waals surface area (Å²) in [5, 5.41) is 2.86. The van der Waals surface area contributed by atoms with Crippen molar-refractivity contribution >= 4 is 21.8 Å². The van der Waals surface area contributed by atoms with Gasteiger partial charge in [0.2, 0.25) is 5.91 Å². The van der Waals surface area contributed by atoms with Gasteiger partial charge in [-0.3, -0.25) is 4.79 Å². The van der Waals surface area contributed by atoms with E-state index < -0.39 is 0 Å². The molecule has 15 heavy (non-hydrogen) atoms. The number of H-pyrrole nitrogens is 1. The van der Waals surface area contributed by atoms with Crippen molar-refractivity contribution in [2.75, 3.05) is 6.54 Å². The zero-order chi connectivity index (χ0) is 11.3. The Morgan fingerprint density at radius 3 is 2.93 bits per heavy atom. The molecule has 84 valence electrons. The number of halogens is 1. The fourth-order valence-electron chi connectivity index (χ4n) is 1.14. The maximum absolute atomic E-state index is 11.5. The van der Waals surface area contributed by atoms with Crippen LogP contribution in [0.3, 0.4) is 0 Å². The second-order valence-corrected chi connectivity index (χ2v) is 4.71. The van der Waals surface area contributed by atoms with Crippen LogP contribution in [0.15, 0.2) is 12.4 Å². The lowest BCUT2D eigenvalue weighted by Gasteiger charge is -2.13. The van der Waals surface area contributed by atoms with Gasteiger partial charge in [0.1, 0.15) is 5.82 Å². The van der Waals surface area contributed by atoms with Crippen LogP contribution in [0.25, 0.3) is 0 Å². The highest BCUT2D eigenvalue weighted by atomic mass is 79.9. The Balaban J connectivity index is 2.23. The number of nitrogens with zero attached hydrogens (tertiary/aromatic N) is 1. The molecule has 1 amide bonds. The van der Waals surface area contributed by atoms with Gasteiger partial charge in [-0.25, -0.2) is 4.98 Å². The van der Waals surface area contributed by atoms with E-state index in [-0.39, 0.29) is 10.7 Å². The highest BCUT2D eigenvalue weighted by molar-refractivity contribution is 9.10. The van der Waals surface area contributed by atoms with Crippen LogP contribution in [-0.4, -0.2) is 27.2 Å². The molecule has 0 saturated heterocycles. The molecule has 0 aliphatic heterocycles. The van der Waals surface area contributed by atoms with Crippen LogP contribution < -0.4 is 5.32 Å². The van der Waals surface area contributed by atoms with Crippen LogP contribution in [0.5, 0.6) is 0 Å². The van der Waals surface area contributed by atoms with E-state index in [1.807, 2.05) is 13.8 Å². The van der Waals surface area contributed by atoms with Gasteiger partial charge in [-0.2, -0.15) is 0 Å². The van der Waals surface area contributed by atoms with Crippen LogP contribution in [0, 0.1) is 5.92 Å². The van der Waals surface area contributed by atoms with Gasteiger partial charge in [0.25, 0.3) is 0 Å². The Morgan fingerprint density at radius 2 is 2.40 bits per heavy atom. The molecule has 1 heterocycles. The Kier molecular flexibility index (Phi) is 4.81. The van der Waals surface area contributed by atoms with Gasteiger partial charge in [0, 0.05) is 25.4 Å². The minimum Gasteiger partial charge on any atom is -0.355 e. The lowest BCUT2D eigenvalue weighted by atomic mass is 10.1. The SMILES string of the molecule is CC(C)C(Br)C(=O)NCCc1ncc[nH]1. The normalized spacial score (nSPS) is 12.8. The van der Waals surface area contributed by atoms with Crippen LogP contribution in [0.2, 0.25) is 0 Å². The number of rotatable bonds is 5. The Labute approximate surface area is 98.0 Å². The number of carbonyl (C=O) groups is 1. The van der Waals surface area contributed by atoms with E-state index in [9.17, 15) is 4.79 Å². The third kappa shape index (κ3) is 4.03. The Morgan fingerprint density at radius 1 is 1.67 bits per heavy atom. The molecule has 0 aliphatic carbocycles. The summed E-state index contributed by atoms with van der Waals surface area (Å²) >= 11 is 3.35. The lowest BCUT2D eigenvalue weighted by molar-refractivity contribution is -0.121. The molecule has 1 rings (SSSR count). The average molecular weight is 274 g/mol. The van der Waals surface area contributed by atoms with Crippen LogP contribution in [-0.2, 0) is 11.2 Å². The molecule has 1 atom stereocenters. The summed E-state index contributed by atoms with van der Waals surface area (Å²) in [5.74, 6) is 1.23. The average Bonchev–Trinajstić information content (AvgIpc) is 2.69. The summed E-state index contributed by atoms with van der Waals surface area (Å²) in [6.07, 6.45) is 4.22. The molecule has 0 aromatic carbocycles. The molecule has 1 aromatic heterocycles. The first-order chi connectivity index (χ1) is 7.11. The standard InChI is InChI=1S/C10H16BrN3O/c1-7(2)9(11)10(15)14-4-3-8-12-5-6-13-8/h5-7,9H,3-4H2,1-2H3,(H,12,13)(H,14,15). The quantitative estimate of drug-likeness (QED) is 0.799. The van der Waals surface area contributed by atoms with Crippen molar-refractivity contribution in [3.8, 4) is 0 Å². The predicted octanol–water partition coefficient (Wildman–Crippen LogP) is 1.49. The van der Waals surface area contributed by atoms with Crippen LogP contribution in [0.4, 0.5) is 0 Å². The Hall–Kier alpha value is -0.840. The number of carbonyl (C=O) groups excluding carboxylic acids is 1. The van der Waals surface area contributed by atoms with Crippen molar-refractivity contribution in [3.05, 3.63) is 18.2 Å². The van der Waals surface area contributed by atoms with Gasteiger partial charge in [-0.1, -0.05) is 29.8 Å². The monoisotopic (exact) mass is 273 g/mol. The maximum Gasteiger partial charge on any atom is 0.234 e. The second-order valence-electron chi connectivity index (χ2n) is 3.72. The van der Waals surface area contributed by atoms with Gasteiger partial charge < -0.3 is 10.3 Å². The van der Waals surface area contributed by atoms with E-state index in [2.05, 4.69) is 31.2 Å². The summed E-state index contributed by atoms with van der Waals surface area (Å²) < 4.78 is 0. The number of aromatic amines is 1. The summed E-state index contributed by atoms with van der Waals surface area (Å²) in [6.45, 7) is 4.62. The summed E-state index contributed by atoms with van der Waals surface area (Å²) in [4.78, 5) is 18.5. The molecular formula is C10H16BrN3O. The van der Waals surface area contributed by atoms with E-state index in [0.29, 0.717) is 12.5 Å². The minimum absolute atomic E-state index is 0.0385. The highest BCUT2D eigenvalue weighted by Crippen LogP contribution is 2.11. The molecule has 0 radical (unpaired) electrons. The summed E-state index contributed by atoms with van der Waals surface area (Å²) in [6, 6.07) is 0. The van der Waals surface area contributed by atoms with Crippen molar-refractivity contribution in [2.45, 2.75) is 25.1 Å². The summed E-state index contributed by atoms with van der Waals surface area (Å²) in [7, 11) is 0. The smallest absolute Gasteiger partial charge is 0.234 e. The molecule has 1 unspecified atom stereocenters. The van der Waals surface area contributed by atoms with E-state index in [4.69, 9.17) is 0 Å². The van der Waals surface area contributed by atoms with Gasteiger partial charge in [-0.05, 0) is 5.92 Å². The number of aromatic nitrogens is 2. The van der Waals surface area contributed by atoms with Crippen molar-refractivity contribution in [2.24, 2.45) is 5.92 Å². The third-order valence-electron chi connectivity index (χ3n) is 2.05. The molecule has 0 aliphatic rings. The first kappa shape index (κ1) is 12.2. The van der Waals surface area contributed by atoms with Crippen molar-refractivity contribution < 1.29 is 4.79 Å². The van der Waals surface area contributed by atoms with E-state index >= 15 is 0 Å². The first-order valence-corrected chi connectivity index (χ1v) is 5.93. The number of alkyl halides is 1. The summed E-state index contributed by atoms with van der Waals surface area (Å²) in [5.41, 5.74) is 0. The van der Waals surface area contributed by atoms with Crippen molar-refractivity contribution in [3.63, 3.8) is 0 Å². The topological polar surface area (TPSA) is 57.8 Å². The van der Waals surface area contributed by atoms with Gasteiger partial charge in [-0.15, -0.1) is 0 Å². The van der Waals surface area contributed by atoms with Crippen molar-refractivity contribution in [1.29, 1.82) is 0 Å². The lowest BCUT2D eigenvalue weighted by Crippen LogP contribution is -2.35. The molecule has 0 fully saturated rings.